The average molecular weight is 268 g/mol. The van der Waals surface area contributed by atoms with Crippen LogP contribution in [0.4, 0.5) is 4.79 Å². The summed E-state index contributed by atoms with van der Waals surface area (Å²) < 4.78 is 10.1. The molecule has 0 fully saturated rings. The lowest BCUT2D eigenvalue weighted by Crippen LogP contribution is -2.37. The van der Waals surface area contributed by atoms with Gasteiger partial charge < -0.3 is 14.4 Å². The standard InChI is InChI=1S/C13H20N2O4/c1-10(15(2)13(16)18-9-19-14)8-11-6-4-5-7-12(11)17-3/h4-7,10H,8-9,14H2,1-3H3. The molecule has 2 N–H and O–H groups in total. The SMILES string of the molecule is COc1ccccc1CC(C)N(C)C(=O)OCON. The molecular formula is C13H20N2O4. The fourth-order valence-electron chi connectivity index (χ4n) is 1.69. The highest BCUT2D eigenvalue weighted by atomic mass is 16.7. The Morgan fingerprint density at radius 1 is 1.42 bits per heavy atom. The van der Waals surface area contributed by atoms with Gasteiger partial charge in [-0.1, -0.05) is 18.2 Å². The molecule has 1 aromatic carbocycles. The monoisotopic (exact) mass is 268 g/mol. The van der Waals surface area contributed by atoms with Crippen molar-refractivity contribution in [2.45, 2.75) is 19.4 Å². The van der Waals surface area contributed by atoms with Gasteiger partial charge in [0.25, 0.3) is 0 Å². The molecule has 0 radical (unpaired) electrons. The van der Waals surface area contributed by atoms with Gasteiger partial charge in [0.2, 0.25) is 6.79 Å². The van der Waals surface area contributed by atoms with E-state index in [0.717, 1.165) is 11.3 Å². The first kappa shape index (κ1) is 15.3. The topological polar surface area (TPSA) is 74.0 Å². The first-order chi connectivity index (χ1) is 9.10. The number of benzene rings is 1. The third-order valence-electron chi connectivity index (χ3n) is 2.91. The second kappa shape index (κ2) is 7.60. The van der Waals surface area contributed by atoms with Gasteiger partial charge in [0.1, 0.15) is 5.75 Å². The molecule has 0 aliphatic rings. The van der Waals surface area contributed by atoms with Crippen molar-refractivity contribution in [2.75, 3.05) is 21.0 Å². The minimum Gasteiger partial charge on any atom is -0.496 e. The summed E-state index contributed by atoms with van der Waals surface area (Å²) in [6.07, 6.45) is 0.187. The van der Waals surface area contributed by atoms with E-state index in [9.17, 15) is 4.79 Å². The van der Waals surface area contributed by atoms with E-state index < -0.39 is 6.09 Å². The Bertz CT molecular complexity index is 411. The lowest BCUT2D eigenvalue weighted by atomic mass is 10.1. The number of amides is 1. The molecule has 0 aliphatic heterocycles. The van der Waals surface area contributed by atoms with Crippen molar-refractivity contribution in [3.8, 4) is 5.75 Å². The lowest BCUT2D eigenvalue weighted by molar-refractivity contribution is -0.0295. The highest BCUT2D eigenvalue weighted by molar-refractivity contribution is 5.67. The Balaban J connectivity index is 2.63. The van der Waals surface area contributed by atoms with Gasteiger partial charge in [-0.25, -0.2) is 10.7 Å². The summed E-state index contributed by atoms with van der Waals surface area (Å²) in [6, 6.07) is 7.66. The number of carbonyl (C=O) groups excluding carboxylic acids is 1. The van der Waals surface area contributed by atoms with E-state index in [4.69, 9.17) is 15.4 Å². The van der Waals surface area contributed by atoms with Gasteiger partial charge in [-0.15, -0.1) is 0 Å². The maximum Gasteiger partial charge on any atom is 0.411 e. The first-order valence-corrected chi connectivity index (χ1v) is 5.93. The van der Waals surface area contributed by atoms with Crippen LogP contribution in [0.1, 0.15) is 12.5 Å². The molecule has 1 unspecified atom stereocenters. The van der Waals surface area contributed by atoms with E-state index in [1.54, 1.807) is 14.2 Å². The number of nitrogens with zero attached hydrogens (tertiary/aromatic N) is 1. The summed E-state index contributed by atoms with van der Waals surface area (Å²) in [5.74, 6) is 5.61. The largest absolute Gasteiger partial charge is 0.496 e. The normalized spacial score (nSPS) is 11.8. The van der Waals surface area contributed by atoms with Gasteiger partial charge in [0.15, 0.2) is 0 Å². The zero-order chi connectivity index (χ0) is 14.3. The highest BCUT2D eigenvalue weighted by Gasteiger charge is 2.18. The maximum absolute atomic E-state index is 11.6. The predicted molar refractivity (Wildman–Crippen MR) is 70.5 cm³/mol. The van der Waals surface area contributed by atoms with E-state index in [1.165, 1.54) is 4.90 Å². The summed E-state index contributed by atoms with van der Waals surface area (Å²) >= 11 is 0. The number of likely N-dealkylation sites (N-methyl/N-ethyl adjacent to an activating group) is 1. The molecule has 1 aromatic rings. The Labute approximate surface area is 113 Å². The van der Waals surface area contributed by atoms with Gasteiger partial charge in [-0.05, 0) is 25.0 Å². The van der Waals surface area contributed by atoms with Crippen molar-refractivity contribution in [1.82, 2.24) is 4.90 Å². The van der Waals surface area contributed by atoms with Gasteiger partial charge in [0, 0.05) is 13.1 Å². The Morgan fingerprint density at radius 3 is 2.74 bits per heavy atom. The lowest BCUT2D eigenvalue weighted by Gasteiger charge is -2.24. The molecule has 106 valence electrons. The smallest absolute Gasteiger partial charge is 0.411 e. The fourth-order valence-corrected chi connectivity index (χ4v) is 1.69. The number of methoxy groups -OCH3 is 1. The van der Waals surface area contributed by atoms with Crippen LogP contribution in [0.3, 0.4) is 0 Å². The predicted octanol–water partition coefficient (Wildman–Crippen LogP) is 1.54. The molecule has 0 heterocycles. The summed E-state index contributed by atoms with van der Waals surface area (Å²) in [5, 5.41) is 0. The van der Waals surface area contributed by atoms with Crippen molar-refractivity contribution in [3.05, 3.63) is 29.8 Å². The van der Waals surface area contributed by atoms with Crippen molar-refractivity contribution in [3.63, 3.8) is 0 Å². The number of para-hydroxylation sites is 1. The van der Waals surface area contributed by atoms with Gasteiger partial charge in [-0.3, -0.25) is 4.84 Å². The third-order valence-corrected chi connectivity index (χ3v) is 2.91. The molecule has 6 heteroatoms. The minimum absolute atomic E-state index is 0.0402. The van der Waals surface area contributed by atoms with E-state index in [1.807, 2.05) is 31.2 Å². The van der Waals surface area contributed by atoms with Crippen LogP contribution in [0, 0.1) is 0 Å². The molecule has 1 amide bonds. The van der Waals surface area contributed by atoms with Crippen LogP contribution in [-0.2, 0) is 16.0 Å². The highest BCUT2D eigenvalue weighted by Crippen LogP contribution is 2.20. The number of nitrogens with two attached hydrogens (primary N) is 1. The maximum atomic E-state index is 11.6. The van der Waals surface area contributed by atoms with Crippen molar-refractivity contribution in [1.29, 1.82) is 0 Å². The summed E-state index contributed by atoms with van der Waals surface area (Å²) in [7, 11) is 3.29. The molecule has 1 atom stereocenters. The second-order valence-electron chi connectivity index (χ2n) is 4.17. The molecule has 19 heavy (non-hydrogen) atoms. The van der Waals surface area contributed by atoms with Crippen LogP contribution in [0.15, 0.2) is 24.3 Å². The summed E-state index contributed by atoms with van der Waals surface area (Å²) in [5.41, 5.74) is 1.03. The fraction of sp³-hybridized carbons (Fsp3) is 0.462. The van der Waals surface area contributed by atoms with Crippen LogP contribution in [0.2, 0.25) is 0 Å². The van der Waals surface area contributed by atoms with Gasteiger partial charge in [-0.2, -0.15) is 0 Å². The Kier molecular flexibility index (Phi) is 6.11. The molecule has 6 nitrogen and oxygen atoms in total. The molecule has 0 saturated heterocycles. The zero-order valence-corrected chi connectivity index (χ0v) is 11.5. The quantitative estimate of drug-likeness (QED) is 0.625. The molecule has 0 saturated carbocycles. The number of hydrogen-bond acceptors (Lipinski definition) is 5. The van der Waals surface area contributed by atoms with Gasteiger partial charge >= 0.3 is 6.09 Å². The minimum atomic E-state index is -0.479. The molecule has 0 aromatic heterocycles. The van der Waals surface area contributed by atoms with Crippen LogP contribution in [0.25, 0.3) is 0 Å². The van der Waals surface area contributed by atoms with Crippen LogP contribution in [0.5, 0.6) is 5.75 Å². The number of ether oxygens (including phenoxy) is 2. The number of hydrogen-bond donors (Lipinski definition) is 1. The Morgan fingerprint density at radius 2 is 2.11 bits per heavy atom. The van der Waals surface area contributed by atoms with Gasteiger partial charge in [0.05, 0.1) is 7.11 Å². The second-order valence-corrected chi connectivity index (χ2v) is 4.17. The first-order valence-electron chi connectivity index (χ1n) is 5.93. The van der Waals surface area contributed by atoms with Crippen LogP contribution < -0.4 is 10.6 Å². The molecule has 0 aliphatic carbocycles. The number of rotatable bonds is 6. The van der Waals surface area contributed by atoms with Crippen molar-refractivity contribution >= 4 is 6.09 Å². The summed E-state index contributed by atoms with van der Waals surface area (Å²) in [4.78, 5) is 17.3. The van der Waals surface area contributed by atoms with E-state index >= 15 is 0 Å². The molecule has 1 rings (SSSR count). The average Bonchev–Trinajstić information content (AvgIpc) is 2.44. The number of carbonyl (C=O) groups is 1. The van der Waals surface area contributed by atoms with E-state index in [-0.39, 0.29) is 12.8 Å². The van der Waals surface area contributed by atoms with Crippen molar-refractivity contribution < 1.29 is 19.1 Å². The van der Waals surface area contributed by atoms with Crippen LogP contribution in [-0.4, -0.2) is 38.0 Å². The molecule has 0 bridgehead atoms. The Hall–Kier alpha value is -1.79. The third kappa shape index (κ3) is 4.42. The van der Waals surface area contributed by atoms with Crippen molar-refractivity contribution in [2.24, 2.45) is 5.90 Å². The molecule has 0 spiro atoms. The molecular weight excluding hydrogens is 248 g/mol. The zero-order valence-electron chi connectivity index (χ0n) is 11.5. The van der Waals surface area contributed by atoms with Crippen LogP contribution >= 0.6 is 0 Å². The van der Waals surface area contributed by atoms with E-state index in [0.29, 0.717) is 6.42 Å². The van der Waals surface area contributed by atoms with E-state index in [2.05, 4.69) is 4.84 Å². The summed E-state index contributed by atoms with van der Waals surface area (Å²) in [6.45, 7) is 1.67.